The Labute approximate surface area is 197 Å². The third-order valence-corrected chi connectivity index (χ3v) is 6.19. The van der Waals surface area contributed by atoms with E-state index in [-0.39, 0.29) is 11.9 Å². The summed E-state index contributed by atoms with van der Waals surface area (Å²) in [5.41, 5.74) is 7.18. The molecule has 0 radical (unpaired) electrons. The zero-order valence-corrected chi connectivity index (χ0v) is 19.6. The molecule has 4 rings (SSSR count). The Kier molecular flexibility index (Phi) is 7.17. The first-order valence-electron chi connectivity index (χ1n) is 10.9. The summed E-state index contributed by atoms with van der Waals surface area (Å²) in [6, 6.07) is 3.47. The molecule has 172 valence electrons. The van der Waals surface area contributed by atoms with Crippen LogP contribution in [0.15, 0.2) is 12.1 Å². The van der Waals surface area contributed by atoms with E-state index in [1.807, 2.05) is 0 Å². The molecule has 4 N–H and O–H groups in total. The van der Waals surface area contributed by atoms with Gasteiger partial charge in [-0.15, -0.1) is 0 Å². The van der Waals surface area contributed by atoms with Gasteiger partial charge in [0.05, 0.1) is 15.7 Å². The summed E-state index contributed by atoms with van der Waals surface area (Å²) in [6.45, 7) is 4.82. The Bertz CT molecular complexity index is 959. The first kappa shape index (κ1) is 22.8. The third-order valence-electron chi connectivity index (χ3n) is 5.59. The molecular weight excluding hydrogens is 451 g/mol. The third kappa shape index (κ3) is 5.51. The van der Waals surface area contributed by atoms with E-state index >= 15 is 0 Å². The zero-order chi connectivity index (χ0) is 22.7. The van der Waals surface area contributed by atoms with Crippen molar-refractivity contribution in [3.05, 3.63) is 22.2 Å². The van der Waals surface area contributed by atoms with Crippen LogP contribution in [0.5, 0.6) is 0 Å². The molecule has 2 fully saturated rings. The lowest BCUT2D eigenvalue weighted by atomic mass is 10.1. The van der Waals surface area contributed by atoms with E-state index in [0.29, 0.717) is 45.8 Å². The topological polar surface area (TPSA) is 112 Å². The van der Waals surface area contributed by atoms with Gasteiger partial charge in [0.2, 0.25) is 23.8 Å². The molecule has 1 amide bonds. The number of anilines is 5. The lowest BCUT2D eigenvalue weighted by Gasteiger charge is -2.32. The largest absolute Gasteiger partial charge is 0.341 e. The van der Waals surface area contributed by atoms with Gasteiger partial charge in [0.25, 0.3) is 0 Å². The van der Waals surface area contributed by atoms with Crippen LogP contribution in [0.2, 0.25) is 10.0 Å². The zero-order valence-electron chi connectivity index (χ0n) is 18.1. The second-order valence-corrected chi connectivity index (χ2v) is 9.09. The van der Waals surface area contributed by atoms with Crippen molar-refractivity contribution in [3.63, 3.8) is 0 Å². The summed E-state index contributed by atoms with van der Waals surface area (Å²) in [5, 5.41) is 6.50. The monoisotopic (exact) mass is 478 g/mol. The van der Waals surface area contributed by atoms with Crippen LogP contribution < -0.4 is 26.2 Å². The highest BCUT2D eigenvalue weighted by atomic mass is 35.5. The SMILES string of the molecule is CC(=O)Nc1c(Cl)cc(Nc2nc(N3CCCCC3)nc(N3CCC[C@@H](N)C3)n2)cc1Cl. The molecule has 2 aliphatic rings. The van der Waals surface area contributed by atoms with Gasteiger partial charge < -0.3 is 26.2 Å². The Morgan fingerprint density at radius 2 is 1.62 bits per heavy atom. The number of carbonyl (C=O) groups excluding carboxylic acids is 1. The molecule has 2 saturated heterocycles. The molecule has 0 aliphatic carbocycles. The van der Waals surface area contributed by atoms with Crippen molar-refractivity contribution < 1.29 is 4.79 Å². The number of nitrogens with one attached hydrogen (secondary N) is 2. The number of aromatic nitrogens is 3. The molecule has 2 aliphatic heterocycles. The van der Waals surface area contributed by atoms with E-state index in [9.17, 15) is 4.79 Å². The molecule has 32 heavy (non-hydrogen) atoms. The van der Waals surface area contributed by atoms with Crippen LogP contribution in [0, 0.1) is 0 Å². The number of amides is 1. The van der Waals surface area contributed by atoms with Crippen LogP contribution >= 0.6 is 23.2 Å². The predicted molar refractivity (Wildman–Crippen MR) is 129 cm³/mol. The van der Waals surface area contributed by atoms with Gasteiger partial charge in [-0.2, -0.15) is 15.0 Å². The van der Waals surface area contributed by atoms with E-state index in [1.165, 1.54) is 13.3 Å². The van der Waals surface area contributed by atoms with Crippen molar-refractivity contribution in [2.24, 2.45) is 5.73 Å². The van der Waals surface area contributed by atoms with Crippen molar-refractivity contribution >= 4 is 58.3 Å². The molecule has 1 aromatic heterocycles. The first-order valence-corrected chi connectivity index (χ1v) is 11.7. The number of piperidine rings is 2. The van der Waals surface area contributed by atoms with Gasteiger partial charge >= 0.3 is 0 Å². The summed E-state index contributed by atoms with van der Waals surface area (Å²) >= 11 is 12.7. The maximum absolute atomic E-state index is 11.4. The molecule has 0 spiro atoms. The van der Waals surface area contributed by atoms with Crippen molar-refractivity contribution in [2.75, 3.05) is 46.6 Å². The van der Waals surface area contributed by atoms with Gasteiger partial charge in [-0.3, -0.25) is 4.79 Å². The number of nitrogens with zero attached hydrogens (tertiary/aromatic N) is 5. The highest BCUT2D eigenvalue weighted by Crippen LogP contribution is 2.35. The predicted octanol–water partition coefficient (Wildman–Crippen LogP) is 3.80. The second-order valence-electron chi connectivity index (χ2n) is 8.28. The average Bonchev–Trinajstić information content (AvgIpc) is 2.76. The van der Waals surface area contributed by atoms with E-state index in [4.69, 9.17) is 33.9 Å². The van der Waals surface area contributed by atoms with Crippen LogP contribution in [0.25, 0.3) is 0 Å². The average molecular weight is 479 g/mol. The van der Waals surface area contributed by atoms with Crippen LogP contribution in [0.3, 0.4) is 0 Å². The minimum atomic E-state index is -0.248. The fourth-order valence-corrected chi connectivity index (χ4v) is 4.63. The molecular formula is C21H28Cl2N8O. The smallest absolute Gasteiger partial charge is 0.233 e. The van der Waals surface area contributed by atoms with Gasteiger partial charge in [0, 0.05) is 44.8 Å². The van der Waals surface area contributed by atoms with E-state index < -0.39 is 0 Å². The Balaban J connectivity index is 1.65. The van der Waals surface area contributed by atoms with Crippen LogP contribution in [0.1, 0.15) is 39.0 Å². The minimum Gasteiger partial charge on any atom is -0.341 e. The highest BCUT2D eigenvalue weighted by Gasteiger charge is 2.23. The van der Waals surface area contributed by atoms with Crippen molar-refractivity contribution in [3.8, 4) is 0 Å². The fraction of sp³-hybridized carbons (Fsp3) is 0.524. The number of hydrogen-bond donors (Lipinski definition) is 3. The van der Waals surface area contributed by atoms with Crippen molar-refractivity contribution in [2.45, 2.75) is 45.1 Å². The molecule has 0 saturated carbocycles. The maximum Gasteiger partial charge on any atom is 0.233 e. The van der Waals surface area contributed by atoms with E-state index in [2.05, 4.69) is 30.4 Å². The van der Waals surface area contributed by atoms with Gasteiger partial charge in [-0.1, -0.05) is 23.2 Å². The molecule has 9 nitrogen and oxygen atoms in total. The Morgan fingerprint density at radius 3 is 2.25 bits per heavy atom. The molecule has 1 atom stereocenters. The van der Waals surface area contributed by atoms with Crippen molar-refractivity contribution in [1.29, 1.82) is 0 Å². The van der Waals surface area contributed by atoms with Gasteiger partial charge in [0.15, 0.2) is 0 Å². The second kappa shape index (κ2) is 10.1. The van der Waals surface area contributed by atoms with Crippen molar-refractivity contribution in [1.82, 2.24) is 15.0 Å². The summed E-state index contributed by atoms with van der Waals surface area (Å²) in [4.78, 5) is 29.8. The van der Waals surface area contributed by atoms with Crippen LogP contribution in [0.4, 0.5) is 29.2 Å². The number of hydrogen-bond acceptors (Lipinski definition) is 8. The van der Waals surface area contributed by atoms with Gasteiger partial charge in [0.1, 0.15) is 0 Å². The first-order chi connectivity index (χ1) is 15.4. The molecule has 11 heteroatoms. The number of halogens is 2. The van der Waals surface area contributed by atoms with Gasteiger partial charge in [-0.25, -0.2) is 0 Å². The summed E-state index contributed by atoms with van der Waals surface area (Å²) in [7, 11) is 0. The molecule has 0 bridgehead atoms. The Morgan fingerprint density at radius 1 is 1.00 bits per heavy atom. The number of rotatable bonds is 5. The fourth-order valence-electron chi connectivity index (χ4n) is 4.05. The summed E-state index contributed by atoms with van der Waals surface area (Å²) < 4.78 is 0. The minimum absolute atomic E-state index is 0.106. The highest BCUT2D eigenvalue weighted by molar-refractivity contribution is 6.40. The Hall–Kier alpha value is -2.36. The van der Waals surface area contributed by atoms with Crippen LogP contribution in [-0.2, 0) is 4.79 Å². The van der Waals surface area contributed by atoms with Gasteiger partial charge in [-0.05, 0) is 44.2 Å². The number of nitrogens with two attached hydrogens (primary N) is 1. The number of carbonyl (C=O) groups is 1. The van der Waals surface area contributed by atoms with E-state index in [1.54, 1.807) is 12.1 Å². The molecule has 1 aromatic carbocycles. The molecule has 0 unspecified atom stereocenters. The summed E-state index contributed by atoms with van der Waals surface area (Å²) in [5.74, 6) is 1.44. The normalized spacial score (nSPS) is 19.1. The molecule has 3 heterocycles. The standard InChI is InChI=1S/C21H28Cl2N8O/c1-13(32)25-18-16(22)10-15(11-17(18)23)26-19-27-20(30-7-3-2-4-8-30)29-21(28-19)31-9-5-6-14(24)12-31/h10-11,14H,2-9,12,24H2,1H3,(H,25,32)(H,26,27,28,29)/t14-/m1/s1. The lowest BCUT2D eigenvalue weighted by Crippen LogP contribution is -2.44. The van der Waals surface area contributed by atoms with Crippen LogP contribution in [-0.4, -0.2) is 53.1 Å². The molecule has 2 aromatic rings. The maximum atomic E-state index is 11.4. The quantitative estimate of drug-likeness (QED) is 0.594. The number of benzene rings is 1. The lowest BCUT2D eigenvalue weighted by molar-refractivity contribution is -0.114. The van der Waals surface area contributed by atoms with E-state index in [0.717, 1.165) is 45.3 Å². The summed E-state index contributed by atoms with van der Waals surface area (Å²) in [6.07, 6.45) is 5.47.